The molecule has 0 fully saturated rings. The summed E-state index contributed by atoms with van der Waals surface area (Å²) in [5, 5.41) is 3.50. The van der Waals surface area contributed by atoms with Crippen LogP contribution in [-0.2, 0) is 0 Å². The average Bonchev–Trinajstić information content (AvgIpc) is 2.48. The monoisotopic (exact) mass is 301 g/mol. The Balaban J connectivity index is 1.84. The summed E-state index contributed by atoms with van der Waals surface area (Å²) in [5.41, 5.74) is 2.68. The number of anilines is 3. The van der Waals surface area contributed by atoms with Crippen LogP contribution >= 0.6 is 11.6 Å². The number of carbonyl (C=O) groups is 1. The number of urea groups is 1. The number of rotatable bonds is 1. The van der Waals surface area contributed by atoms with Crippen LogP contribution in [0.25, 0.3) is 0 Å². The molecule has 0 bridgehead atoms. The third kappa shape index (κ3) is 2.81. The van der Waals surface area contributed by atoms with Crippen LogP contribution in [0.15, 0.2) is 48.5 Å². The minimum atomic E-state index is -0.141. The van der Waals surface area contributed by atoms with Crippen LogP contribution in [0.1, 0.15) is 0 Å². The fraction of sp³-hybridized carbons (Fsp3) is 0.188. The minimum Gasteiger partial charge on any atom is -0.371 e. The van der Waals surface area contributed by atoms with Crippen LogP contribution in [0.4, 0.5) is 21.9 Å². The number of fused-ring (bicyclic) bond motifs is 1. The molecule has 2 aromatic rings. The Bertz CT molecular complexity index is 674. The first-order chi connectivity index (χ1) is 10.1. The van der Waals surface area contributed by atoms with E-state index in [9.17, 15) is 4.79 Å². The lowest BCUT2D eigenvalue weighted by atomic mass is 10.2. The number of nitrogens with zero attached hydrogens (tertiary/aromatic N) is 2. The molecule has 1 aliphatic heterocycles. The van der Waals surface area contributed by atoms with Gasteiger partial charge in [-0.15, -0.1) is 0 Å². The number of nitrogens with one attached hydrogen (secondary N) is 1. The number of hydrogen-bond acceptors (Lipinski definition) is 2. The summed E-state index contributed by atoms with van der Waals surface area (Å²) >= 11 is 5.94. The Kier molecular flexibility index (Phi) is 3.71. The van der Waals surface area contributed by atoms with Gasteiger partial charge in [0.05, 0.1) is 11.4 Å². The Labute approximate surface area is 128 Å². The van der Waals surface area contributed by atoms with Crippen LogP contribution in [0.5, 0.6) is 0 Å². The molecule has 5 heteroatoms. The predicted octanol–water partition coefficient (Wildman–Crippen LogP) is 3.83. The zero-order valence-corrected chi connectivity index (χ0v) is 12.5. The van der Waals surface area contributed by atoms with Crippen LogP contribution in [0.3, 0.4) is 0 Å². The molecule has 0 aliphatic carbocycles. The molecule has 0 spiro atoms. The van der Waals surface area contributed by atoms with Gasteiger partial charge in [0.25, 0.3) is 0 Å². The second kappa shape index (κ2) is 5.66. The van der Waals surface area contributed by atoms with Gasteiger partial charge in [-0.25, -0.2) is 4.79 Å². The van der Waals surface area contributed by atoms with E-state index in [4.69, 9.17) is 11.6 Å². The standard InChI is InChI=1S/C16H16ClN3O/c1-19-9-10-20(15-8-3-2-7-14(15)19)16(21)18-13-6-4-5-12(17)11-13/h2-8,11H,9-10H2,1H3,(H,18,21). The van der Waals surface area contributed by atoms with Gasteiger partial charge in [0, 0.05) is 30.8 Å². The Hall–Kier alpha value is -2.20. The van der Waals surface area contributed by atoms with E-state index in [0.29, 0.717) is 17.3 Å². The van der Waals surface area contributed by atoms with E-state index in [-0.39, 0.29) is 6.03 Å². The highest BCUT2D eigenvalue weighted by Gasteiger charge is 2.24. The molecule has 1 N–H and O–H groups in total. The molecule has 1 aliphatic rings. The zero-order chi connectivity index (χ0) is 14.8. The smallest absolute Gasteiger partial charge is 0.326 e. The van der Waals surface area contributed by atoms with Gasteiger partial charge in [-0.1, -0.05) is 29.8 Å². The maximum absolute atomic E-state index is 12.5. The first kappa shape index (κ1) is 13.8. The Morgan fingerprint density at radius 3 is 2.62 bits per heavy atom. The highest BCUT2D eigenvalue weighted by Crippen LogP contribution is 2.32. The summed E-state index contributed by atoms with van der Waals surface area (Å²) in [6.07, 6.45) is 0. The lowest BCUT2D eigenvalue weighted by Crippen LogP contribution is -2.44. The molecule has 21 heavy (non-hydrogen) atoms. The summed E-state index contributed by atoms with van der Waals surface area (Å²) in [4.78, 5) is 16.4. The number of hydrogen-bond donors (Lipinski definition) is 1. The molecule has 3 rings (SSSR count). The van der Waals surface area contributed by atoms with Crippen molar-refractivity contribution in [2.45, 2.75) is 0 Å². The molecule has 2 amide bonds. The molecule has 0 atom stereocenters. The third-order valence-electron chi connectivity index (χ3n) is 3.56. The predicted molar refractivity (Wildman–Crippen MR) is 87.5 cm³/mol. The van der Waals surface area contributed by atoms with Crippen molar-refractivity contribution in [2.24, 2.45) is 0 Å². The second-order valence-corrected chi connectivity index (χ2v) is 5.44. The molecule has 0 radical (unpaired) electrons. The second-order valence-electron chi connectivity index (χ2n) is 5.00. The van der Waals surface area contributed by atoms with Gasteiger partial charge in [-0.05, 0) is 30.3 Å². The first-order valence-electron chi connectivity index (χ1n) is 6.79. The summed E-state index contributed by atoms with van der Waals surface area (Å²) in [6.45, 7) is 1.46. The van der Waals surface area contributed by atoms with E-state index in [2.05, 4.69) is 10.2 Å². The van der Waals surface area contributed by atoms with Gasteiger partial charge in [0.1, 0.15) is 0 Å². The van der Waals surface area contributed by atoms with Crippen molar-refractivity contribution in [1.29, 1.82) is 0 Å². The fourth-order valence-corrected chi connectivity index (χ4v) is 2.66. The lowest BCUT2D eigenvalue weighted by molar-refractivity contribution is 0.257. The molecular formula is C16H16ClN3O. The van der Waals surface area contributed by atoms with Crippen molar-refractivity contribution in [2.75, 3.05) is 35.3 Å². The molecule has 0 aromatic heterocycles. The number of halogens is 1. The van der Waals surface area contributed by atoms with Gasteiger partial charge in [0.2, 0.25) is 0 Å². The van der Waals surface area contributed by atoms with Gasteiger partial charge >= 0.3 is 6.03 Å². The van der Waals surface area contributed by atoms with Crippen molar-refractivity contribution >= 4 is 34.7 Å². The highest BCUT2D eigenvalue weighted by molar-refractivity contribution is 6.30. The highest BCUT2D eigenvalue weighted by atomic mass is 35.5. The van der Waals surface area contributed by atoms with Gasteiger partial charge in [-0.3, -0.25) is 4.90 Å². The van der Waals surface area contributed by atoms with Crippen molar-refractivity contribution in [3.8, 4) is 0 Å². The zero-order valence-electron chi connectivity index (χ0n) is 11.7. The molecule has 108 valence electrons. The summed E-state index contributed by atoms with van der Waals surface area (Å²) in [5.74, 6) is 0. The molecule has 2 aromatic carbocycles. The quantitative estimate of drug-likeness (QED) is 0.869. The number of benzene rings is 2. The van der Waals surface area contributed by atoms with E-state index in [0.717, 1.165) is 17.9 Å². The van der Waals surface area contributed by atoms with Gasteiger partial charge in [0.15, 0.2) is 0 Å². The number of para-hydroxylation sites is 2. The lowest BCUT2D eigenvalue weighted by Gasteiger charge is -2.35. The van der Waals surface area contributed by atoms with Crippen LogP contribution in [0.2, 0.25) is 5.02 Å². The summed E-state index contributed by atoms with van der Waals surface area (Å²) < 4.78 is 0. The SMILES string of the molecule is CN1CCN(C(=O)Nc2cccc(Cl)c2)c2ccccc21. The largest absolute Gasteiger partial charge is 0.371 e. The summed E-state index contributed by atoms with van der Waals surface area (Å²) in [6, 6.07) is 14.9. The van der Waals surface area contributed by atoms with Crippen molar-refractivity contribution < 1.29 is 4.79 Å². The number of carbonyl (C=O) groups excluding carboxylic acids is 1. The van der Waals surface area contributed by atoms with Crippen LogP contribution < -0.4 is 15.1 Å². The Morgan fingerprint density at radius 2 is 1.86 bits per heavy atom. The topological polar surface area (TPSA) is 35.6 Å². The average molecular weight is 302 g/mol. The molecular weight excluding hydrogens is 286 g/mol. The minimum absolute atomic E-state index is 0.141. The van der Waals surface area contributed by atoms with Crippen molar-refractivity contribution in [1.82, 2.24) is 0 Å². The maximum atomic E-state index is 12.5. The molecule has 0 unspecified atom stereocenters. The van der Waals surface area contributed by atoms with E-state index in [1.54, 1.807) is 17.0 Å². The molecule has 1 heterocycles. The van der Waals surface area contributed by atoms with Gasteiger partial charge in [-0.2, -0.15) is 0 Å². The van der Waals surface area contributed by atoms with Crippen LogP contribution in [-0.4, -0.2) is 26.2 Å². The van der Waals surface area contributed by atoms with E-state index >= 15 is 0 Å². The Morgan fingerprint density at radius 1 is 1.10 bits per heavy atom. The number of amides is 2. The molecule has 4 nitrogen and oxygen atoms in total. The first-order valence-corrected chi connectivity index (χ1v) is 7.17. The van der Waals surface area contributed by atoms with Crippen LogP contribution in [0, 0.1) is 0 Å². The number of likely N-dealkylation sites (N-methyl/N-ethyl adjacent to an activating group) is 1. The van der Waals surface area contributed by atoms with Crippen molar-refractivity contribution in [3.63, 3.8) is 0 Å². The van der Waals surface area contributed by atoms with Gasteiger partial charge < -0.3 is 10.2 Å². The summed E-state index contributed by atoms with van der Waals surface area (Å²) in [7, 11) is 2.03. The third-order valence-corrected chi connectivity index (χ3v) is 3.80. The fourth-order valence-electron chi connectivity index (χ4n) is 2.47. The van der Waals surface area contributed by atoms with E-state index < -0.39 is 0 Å². The maximum Gasteiger partial charge on any atom is 0.326 e. The molecule has 0 saturated heterocycles. The molecule has 0 saturated carbocycles. The van der Waals surface area contributed by atoms with Crippen molar-refractivity contribution in [3.05, 3.63) is 53.6 Å². The normalized spacial score (nSPS) is 13.8. The van der Waals surface area contributed by atoms with E-state index in [1.807, 2.05) is 43.4 Å². The van der Waals surface area contributed by atoms with E-state index in [1.165, 1.54) is 0 Å².